The number of aryl methyl sites for hydroxylation is 2. The molecule has 2 rings (SSSR count). The lowest BCUT2D eigenvalue weighted by atomic mass is 10.1. The third-order valence-corrected chi connectivity index (χ3v) is 3.64. The van der Waals surface area contributed by atoms with E-state index in [1.807, 2.05) is 26.0 Å². The summed E-state index contributed by atoms with van der Waals surface area (Å²) in [7, 11) is 0. The molecule has 1 saturated heterocycles. The molecule has 1 heterocycles. The van der Waals surface area contributed by atoms with Crippen LogP contribution >= 0.6 is 0 Å². The Morgan fingerprint density at radius 2 is 2.05 bits per heavy atom. The molecule has 1 aromatic rings. The Hall–Kier alpha value is -1.55. The van der Waals surface area contributed by atoms with Crippen molar-refractivity contribution in [1.82, 2.24) is 10.2 Å². The van der Waals surface area contributed by atoms with Crippen molar-refractivity contribution in [2.45, 2.75) is 39.8 Å². The predicted octanol–water partition coefficient (Wildman–Crippen LogP) is 1.72. The van der Waals surface area contributed by atoms with E-state index in [9.17, 15) is 9.90 Å². The van der Waals surface area contributed by atoms with Crippen LogP contribution in [0.5, 0.6) is 5.75 Å². The fourth-order valence-corrected chi connectivity index (χ4v) is 2.78. The molecule has 4 heteroatoms. The van der Waals surface area contributed by atoms with Gasteiger partial charge >= 0.3 is 0 Å². The first-order valence-corrected chi connectivity index (χ1v) is 6.74. The fraction of sp³-hybridized carbons (Fsp3) is 0.533. The summed E-state index contributed by atoms with van der Waals surface area (Å²) in [6.45, 7) is 8.20. The summed E-state index contributed by atoms with van der Waals surface area (Å²) < 4.78 is 0. The third-order valence-electron chi connectivity index (χ3n) is 3.64. The summed E-state index contributed by atoms with van der Waals surface area (Å²) in [5.74, 6) is 0.435. The SMILES string of the molecule is CC(=O)NC1CCN(Cc2cc(C)c(O)c(C)c2)C1. The highest BCUT2D eigenvalue weighted by Crippen LogP contribution is 2.24. The molecule has 0 radical (unpaired) electrons. The van der Waals surface area contributed by atoms with Gasteiger partial charge in [-0.05, 0) is 37.0 Å². The first-order chi connectivity index (χ1) is 8.95. The topological polar surface area (TPSA) is 52.6 Å². The van der Waals surface area contributed by atoms with Crippen LogP contribution in [0, 0.1) is 13.8 Å². The molecule has 0 bridgehead atoms. The normalized spacial score (nSPS) is 19.6. The van der Waals surface area contributed by atoms with Crippen molar-refractivity contribution in [2.75, 3.05) is 13.1 Å². The minimum absolute atomic E-state index is 0.0446. The molecule has 1 unspecified atom stereocenters. The average molecular weight is 262 g/mol. The number of benzene rings is 1. The quantitative estimate of drug-likeness (QED) is 0.872. The third kappa shape index (κ3) is 3.47. The molecule has 104 valence electrons. The molecule has 0 aromatic heterocycles. The van der Waals surface area contributed by atoms with Gasteiger partial charge in [-0.15, -0.1) is 0 Å². The molecule has 0 aliphatic carbocycles. The number of phenolic OH excluding ortho intramolecular Hbond substituents is 1. The number of nitrogens with zero attached hydrogens (tertiary/aromatic N) is 1. The summed E-state index contributed by atoms with van der Waals surface area (Å²) in [6.07, 6.45) is 1.01. The molecule has 1 aromatic carbocycles. The zero-order valence-electron chi connectivity index (χ0n) is 11.9. The molecule has 1 aliphatic rings. The Labute approximate surface area is 114 Å². The van der Waals surface area contributed by atoms with Crippen LogP contribution in [-0.2, 0) is 11.3 Å². The minimum Gasteiger partial charge on any atom is -0.507 e. The Bertz CT molecular complexity index is 462. The Balaban J connectivity index is 1.97. The summed E-state index contributed by atoms with van der Waals surface area (Å²) >= 11 is 0. The summed E-state index contributed by atoms with van der Waals surface area (Å²) in [6, 6.07) is 4.35. The van der Waals surface area contributed by atoms with Gasteiger partial charge in [0.15, 0.2) is 0 Å². The lowest BCUT2D eigenvalue weighted by Crippen LogP contribution is -2.35. The van der Waals surface area contributed by atoms with Crippen LogP contribution in [-0.4, -0.2) is 35.0 Å². The number of amides is 1. The minimum atomic E-state index is 0.0446. The van der Waals surface area contributed by atoms with Gasteiger partial charge in [0.25, 0.3) is 0 Å². The van der Waals surface area contributed by atoms with E-state index in [1.54, 1.807) is 6.92 Å². The first kappa shape index (κ1) is 13.9. The van der Waals surface area contributed by atoms with Crippen molar-refractivity contribution in [3.05, 3.63) is 28.8 Å². The van der Waals surface area contributed by atoms with Gasteiger partial charge < -0.3 is 10.4 Å². The van der Waals surface area contributed by atoms with Gasteiger partial charge in [0.1, 0.15) is 5.75 Å². The van der Waals surface area contributed by atoms with Crippen molar-refractivity contribution >= 4 is 5.91 Å². The van der Waals surface area contributed by atoms with E-state index >= 15 is 0 Å². The number of likely N-dealkylation sites (tertiary alicyclic amines) is 1. The highest BCUT2D eigenvalue weighted by atomic mass is 16.3. The van der Waals surface area contributed by atoms with Gasteiger partial charge in [-0.25, -0.2) is 0 Å². The van der Waals surface area contributed by atoms with Gasteiger partial charge in [-0.3, -0.25) is 9.69 Å². The van der Waals surface area contributed by atoms with E-state index in [4.69, 9.17) is 0 Å². The maximum atomic E-state index is 11.0. The van der Waals surface area contributed by atoms with E-state index in [1.165, 1.54) is 5.56 Å². The maximum absolute atomic E-state index is 11.0. The molecule has 0 saturated carbocycles. The van der Waals surface area contributed by atoms with E-state index in [0.717, 1.165) is 37.2 Å². The number of rotatable bonds is 3. The first-order valence-electron chi connectivity index (χ1n) is 6.74. The highest BCUT2D eigenvalue weighted by molar-refractivity contribution is 5.73. The fourth-order valence-electron chi connectivity index (χ4n) is 2.78. The molecule has 4 nitrogen and oxygen atoms in total. The molecule has 1 fully saturated rings. The number of hydrogen-bond donors (Lipinski definition) is 2. The molecule has 2 N–H and O–H groups in total. The predicted molar refractivity (Wildman–Crippen MR) is 75.1 cm³/mol. The largest absolute Gasteiger partial charge is 0.507 e. The standard InChI is InChI=1S/C15H22N2O2/c1-10-6-13(7-11(2)15(10)19)8-17-5-4-14(9-17)16-12(3)18/h6-7,14,19H,4-5,8-9H2,1-3H3,(H,16,18). The van der Waals surface area contributed by atoms with Crippen LogP contribution in [0.3, 0.4) is 0 Å². The average Bonchev–Trinajstić information content (AvgIpc) is 2.72. The van der Waals surface area contributed by atoms with E-state index in [2.05, 4.69) is 10.2 Å². The van der Waals surface area contributed by atoms with E-state index in [-0.39, 0.29) is 11.9 Å². The molecule has 1 amide bonds. The van der Waals surface area contributed by atoms with Crippen molar-refractivity contribution in [2.24, 2.45) is 0 Å². The molecule has 19 heavy (non-hydrogen) atoms. The Kier molecular flexibility index (Phi) is 4.10. The van der Waals surface area contributed by atoms with Crippen LogP contribution < -0.4 is 5.32 Å². The zero-order chi connectivity index (χ0) is 14.0. The number of carbonyl (C=O) groups is 1. The second-order valence-corrected chi connectivity index (χ2v) is 5.50. The van der Waals surface area contributed by atoms with Crippen LogP contribution in [0.2, 0.25) is 0 Å². The summed E-state index contributed by atoms with van der Waals surface area (Å²) in [5, 5.41) is 12.7. The molecular weight excluding hydrogens is 240 g/mol. The molecule has 1 aliphatic heterocycles. The van der Waals surface area contributed by atoms with Crippen molar-refractivity contribution < 1.29 is 9.90 Å². The summed E-state index contributed by atoms with van der Waals surface area (Å²) in [4.78, 5) is 13.4. The number of nitrogens with one attached hydrogen (secondary N) is 1. The number of hydrogen-bond acceptors (Lipinski definition) is 3. The number of carbonyl (C=O) groups excluding carboxylic acids is 1. The number of phenols is 1. The summed E-state index contributed by atoms with van der Waals surface area (Å²) in [5.41, 5.74) is 3.07. The zero-order valence-corrected chi connectivity index (χ0v) is 11.9. The second-order valence-electron chi connectivity index (χ2n) is 5.50. The smallest absolute Gasteiger partial charge is 0.217 e. The Morgan fingerprint density at radius 3 is 2.63 bits per heavy atom. The van der Waals surface area contributed by atoms with Gasteiger partial charge in [0, 0.05) is 32.6 Å². The van der Waals surface area contributed by atoms with Gasteiger partial charge in [-0.2, -0.15) is 0 Å². The lowest BCUT2D eigenvalue weighted by molar-refractivity contribution is -0.119. The highest BCUT2D eigenvalue weighted by Gasteiger charge is 2.23. The van der Waals surface area contributed by atoms with Crippen molar-refractivity contribution in [3.8, 4) is 5.75 Å². The van der Waals surface area contributed by atoms with E-state index < -0.39 is 0 Å². The van der Waals surface area contributed by atoms with Gasteiger partial charge in [0.05, 0.1) is 0 Å². The number of aromatic hydroxyl groups is 1. The van der Waals surface area contributed by atoms with Gasteiger partial charge in [0.2, 0.25) is 5.91 Å². The van der Waals surface area contributed by atoms with Crippen LogP contribution in [0.15, 0.2) is 12.1 Å². The lowest BCUT2D eigenvalue weighted by Gasteiger charge is -2.17. The Morgan fingerprint density at radius 1 is 1.42 bits per heavy atom. The van der Waals surface area contributed by atoms with Crippen LogP contribution in [0.4, 0.5) is 0 Å². The molecular formula is C15H22N2O2. The van der Waals surface area contributed by atoms with Crippen molar-refractivity contribution in [3.63, 3.8) is 0 Å². The second kappa shape index (κ2) is 5.61. The monoisotopic (exact) mass is 262 g/mol. The van der Waals surface area contributed by atoms with Crippen molar-refractivity contribution in [1.29, 1.82) is 0 Å². The van der Waals surface area contributed by atoms with Crippen LogP contribution in [0.1, 0.15) is 30.0 Å². The van der Waals surface area contributed by atoms with Crippen LogP contribution in [0.25, 0.3) is 0 Å². The molecule has 1 atom stereocenters. The van der Waals surface area contributed by atoms with E-state index in [0.29, 0.717) is 5.75 Å². The molecule has 0 spiro atoms. The van der Waals surface area contributed by atoms with Gasteiger partial charge in [-0.1, -0.05) is 12.1 Å². The maximum Gasteiger partial charge on any atom is 0.217 e.